The Balaban J connectivity index is 1.73. The Hall–Kier alpha value is -1.09. The van der Waals surface area contributed by atoms with Crippen LogP contribution in [0.15, 0.2) is 12.1 Å². The Morgan fingerprint density at radius 1 is 1.09 bits per heavy atom. The first-order chi connectivity index (χ1) is 10.8. The zero-order chi connectivity index (χ0) is 15.4. The Morgan fingerprint density at radius 3 is 2.64 bits per heavy atom. The molecule has 2 aliphatic rings. The van der Waals surface area contributed by atoms with E-state index in [9.17, 15) is 0 Å². The number of hydrogen-bond donors (Lipinski definition) is 0. The van der Waals surface area contributed by atoms with Crippen LogP contribution in [0, 0.1) is 6.92 Å². The van der Waals surface area contributed by atoms with Crippen molar-refractivity contribution in [2.24, 2.45) is 0 Å². The summed E-state index contributed by atoms with van der Waals surface area (Å²) in [5.74, 6) is 1.19. The van der Waals surface area contributed by atoms with Crippen LogP contribution in [0.2, 0.25) is 0 Å². The Labute approximate surface area is 135 Å². The minimum atomic E-state index is 0.606. The summed E-state index contributed by atoms with van der Waals surface area (Å²) in [6.45, 7) is 9.35. The number of anilines is 1. The van der Waals surface area contributed by atoms with Crippen LogP contribution in [0.4, 0.5) is 5.82 Å². The number of rotatable bonds is 5. The minimum absolute atomic E-state index is 0.606. The summed E-state index contributed by atoms with van der Waals surface area (Å²) >= 11 is 0. The van der Waals surface area contributed by atoms with Crippen molar-refractivity contribution in [3.63, 3.8) is 0 Å². The Bertz CT molecular complexity index is 480. The van der Waals surface area contributed by atoms with Crippen molar-refractivity contribution in [3.8, 4) is 0 Å². The third-order valence-electron chi connectivity index (χ3n) is 5.31. The third-order valence-corrected chi connectivity index (χ3v) is 5.31. The van der Waals surface area contributed by atoms with Gasteiger partial charge in [-0.25, -0.2) is 4.98 Å². The molecule has 0 saturated carbocycles. The van der Waals surface area contributed by atoms with Gasteiger partial charge in [0.2, 0.25) is 0 Å². The van der Waals surface area contributed by atoms with Gasteiger partial charge >= 0.3 is 0 Å². The summed E-state index contributed by atoms with van der Waals surface area (Å²) in [5.41, 5.74) is 2.71. The smallest absolute Gasteiger partial charge is 0.128 e. The van der Waals surface area contributed by atoms with Gasteiger partial charge in [0.15, 0.2) is 0 Å². The largest absolute Gasteiger partial charge is 0.357 e. The highest BCUT2D eigenvalue weighted by atomic mass is 15.2. The fourth-order valence-corrected chi connectivity index (χ4v) is 4.02. The Kier molecular flexibility index (Phi) is 5.35. The van der Waals surface area contributed by atoms with Crippen LogP contribution < -0.4 is 4.90 Å². The van der Waals surface area contributed by atoms with Crippen LogP contribution in [0.5, 0.6) is 0 Å². The number of aryl methyl sites for hydroxylation is 1. The monoisotopic (exact) mass is 301 g/mol. The molecule has 3 heterocycles. The number of hydrogen-bond acceptors (Lipinski definition) is 3. The molecule has 1 aromatic heterocycles. The predicted molar refractivity (Wildman–Crippen MR) is 93.5 cm³/mol. The van der Waals surface area contributed by atoms with Gasteiger partial charge < -0.3 is 4.90 Å². The zero-order valence-electron chi connectivity index (χ0n) is 14.4. The predicted octanol–water partition coefficient (Wildman–Crippen LogP) is 4.32. The van der Waals surface area contributed by atoms with Gasteiger partial charge in [0.1, 0.15) is 5.82 Å². The summed E-state index contributed by atoms with van der Waals surface area (Å²) < 4.78 is 0. The molecule has 0 bridgehead atoms. The van der Waals surface area contributed by atoms with Crippen LogP contribution in [-0.4, -0.2) is 36.1 Å². The first kappa shape index (κ1) is 15.8. The van der Waals surface area contributed by atoms with Crippen LogP contribution in [-0.2, 0) is 0 Å². The van der Waals surface area contributed by atoms with E-state index in [2.05, 4.69) is 35.8 Å². The van der Waals surface area contributed by atoms with E-state index >= 15 is 0 Å². The van der Waals surface area contributed by atoms with Gasteiger partial charge in [-0.15, -0.1) is 0 Å². The van der Waals surface area contributed by atoms with E-state index in [-0.39, 0.29) is 0 Å². The maximum Gasteiger partial charge on any atom is 0.128 e. The quantitative estimate of drug-likeness (QED) is 0.807. The van der Waals surface area contributed by atoms with Crippen molar-refractivity contribution in [2.45, 2.75) is 64.8 Å². The fraction of sp³-hybridized carbons (Fsp3) is 0.737. The van der Waals surface area contributed by atoms with Crippen LogP contribution in [0.25, 0.3) is 0 Å². The molecular weight excluding hydrogens is 270 g/mol. The summed E-state index contributed by atoms with van der Waals surface area (Å²) in [7, 11) is 0. The SMILES string of the molecule is CCCCN1CCC[C@@H]1c1ccc(N2CCCCC2)nc1C. The van der Waals surface area contributed by atoms with E-state index in [0.717, 1.165) is 0 Å². The van der Waals surface area contributed by atoms with E-state index in [1.165, 1.54) is 88.2 Å². The number of unbranched alkanes of at least 4 members (excludes halogenated alkanes) is 1. The third kappa shape index (κ3) is 3.45. The molecule has 2 saturated heterocycles. The summed E-state index contributed by atoms with van der Waals surface area (Å²) in [6.07, 6.45) is 9.24. The topological polar surface area (TPSA) is 19.4 Å². The highest BCUT2D eigenvalue weighted by Gasteiger charge is 2.27. The number of piperidine rings is 1. The van der Waals surface area contributed by atoms with Crippen molar-refractivity contribution in [3.05, 3.63) is 23.4 Å². The molecule has 0 aromatic carbocycles. The molecule has 1 atom stereocenters. The van der Waals surface area contributed by atoms with Gasteiger partial charge in [0.05, 0.1) is 0 Å². The lowest BCUT2D eigenvalue weighted by atomic mass is 10.0. The normalized spacial score (nSPS) is 23.2. The molecule has 3 nitrogen and oxygen atoms in total. The summed E-state index contributed by atoms with van der Waals surface area (Å²) in [5, 5.41) is 0. The molecule has 3 heteroatoms. The molecule has 0 aliphatic carbocycles. The molecular formula is C19H31N3. The lowest BCUT2D eigenvalue weighted by Crippen LogP contribution is -2.30. The highest BCUT2D eigenvalue weighted by Crippen LogP contribution is 2.34. The first-order valence-corrected chi connectivity index (χ1v) is 9.26. The van der Waals surface area contributed by atoms with E-state index in [1.54, 1.807) is 0 Å². The maximum absolute atomic E-state index is 4.96. The van der Waals surface area contributed by atoms with Gasteiger partial charge in [0.25, 0.3) is 0 Å². The zero-order valence-corrected chi connectivity index (χ0v) is 14.4. The van der Waals surface area contributed by atoms with Crippen LogP contribution >= 0.6 is 0 Å². The summed E-state index contributed by atoms with van der Waals surface area (Å²) in [4.78, 5) is 10.1. The number of nitrogens with zero attached hydrogens (tertiary/aromatic N) is 3. The number of pyridine rings is 1. The second-order valence-corrected chi connectivity index (χ2v) is 6.94. The van der Waals surface area contributed by atoms with Crippen LogP contribution in [0.1, 0.15) is 69.2 Å². The van der Waals surface area contributed by atoms with Crippen molar-refractivity contribution in [1.29, 1.82) is 0 Å². The van der Waals surface area contributed by atoms with Crippen LogP contribution in [0.3, 0.4) is 0 Å². The van der Waals surface area contributed by atoms with Crippen molar-refractivity contribution in [1.82, 2.24) is 9.88 Å². The molecule has 22 heavy (non-hydrogen) atoms. The second-order valence-electron chi connectivity index (χ2n) is 6.94. The average molecular weight is 301 g/mol. The molecule has 0 radical (unpaired) electrons. The molecule has 0 amide bonds. The molecule has 122 valence electrons. The highest BCUT2D eigenvalue weighted by molar-refractivity contribution is 5.43. The van der Waals surface area contributed by atoms with Crippen molar-refractivity contribution in [2.75, 3.05) is 31.1 Å². The van der Waals surface area contributed by atoms with E-state index in [1.807, 2.05) is 0 Å². The van der Waals surface area contributed by atoms with Crippen molar-refractivity contribution >= 4 is 5.82 Å². The minimum Gasteiger partial charge on any atom is -0.357 e. The average Bonchev–Trinajstić information content (AvgIpc) is 3.02. The first-order valence-electron chi connectivity index (χ1n) is 9.26. The molecule has 1 aromatic rings. The fourth-order valence-electron chi connectivity index (χ4n) is 4.02. The summed E-state index contributed by atoms with van der Waals surface area (Å²) in [6, 6.07) is 5.24. The molecule has 0 N–H and O–H groups in total. The Morgan fingerprint density at radius 2 is 1.91 bits per heavy atom. The van der Waals surface area contributed by atoms with Gasteiger partial charge in [-0.2, -0.15) is 0 Å². The standard InChI is InChI=1S/C19H31N3/c1-3-4-12-21-15-8-9-18(21)17-10-11-19(20-16(17)2)22-13-6-5-7-14-22/h10-11,18H,3-9,12-15H2,1-2H3/t18-/m1/s1. The van der Waals surface area contributed by atoms with Gasteiger partial charge in [-0.1, -0.05) is 19.4 Å². The number of likely N-dealkylation sites (tertiary alicyclic amines) is 1. The lowest BCUT2D eigenvalue weighted by Gasteiger charge is -2.30. The van der Waals surface area contributed by atoms with E-state index in [4.69, 9.17) is 4.98 Å². The van der Waals surface area contributed by atoms with Gasteiger partial charge in [-0.05, 0) is 70.2 Å². The molecule has 2 fully saturated rings. The van der Waals surface area contributed by atoms with E-state index < -0.39 is 0 Å². The van der Waals surface area contributed by atoms with Gasteiger partial charge in [-0.3, -0.25) is 4.90 Å². The van der Waals surface area contributed by atoms with E-state index in [0.29, 0.717) is 6.04 Å². The molecule has 0 spiro atoms. The second kappa shape index (κ2) is 7.45. The molecule has 0 unspecified atom stereocenters. The lowest BCUT2D eigenvalue weighted by molar-refractivity contribution is 0.252. The molecule has 3 rings (SSSR count). The molecule has 2 aliphatic heterocycles. The van der Waals surface area contributed by atoms with Crippen molar-refractivity contribution < 1.29 is 0 Å². The van der Waals surface area contributed by atoms with Gasteiger partial charge in [0, 0.05) is 24.8 Å². The number of aromatic nitrogens is 1. The maximum atomic E-state index is 4.96.